The maximum absolute atomic E-state index is 6.95. The van der Waals surface area contributed by atoms with Crippen LogP contribution in [0.3, 0.4) is 0 Å². The van der Waals surface area contributed by atoms with E-state index in [1.54, 1.807) is 6.33 Å². The first-order valence-corrected chi connectivity index (χ1v) is 27.2. The van der Waals surface area contributed by atoms with Crippen LogP contribution in [0.5, 0.6) is 0 Å². The lowest BCUT2D eigenvalue weighted by Crippen LogP contribution is -2.57. The Morgan fingerprint density at radius 2 is 0.726 bits per heavy atom. The van der Waals surface area contributed by atoms with Crippen LogP contribution in [0.15, 0.2) is 35.0 Å². The zero-order chi connectivity index (χ0) is 53.0. The van der Waals surface area contributed by atoms with Crippen molar-refractivity contribution in [1.29, 1.82) is 0 Å². The standard InChI is InChI=1S/C46H51B23N2OS/c47-8-4-9(48)13(22(50)12(8)18-31(59)35(63)32(60)19-20-33(61)38(66)40(68)41(69)46(20)73-45(18)19)43-44-42(70-5-71-43)7-3-6(1-2-10(7)72-44)11-21(49)14(28(56)34(62)23(11)51)15-24(52)26(54)16(27(55)25(15)53)17-29(57)36(64)39(67)37(65)30(17)58/h1-5H,47-69H2. The molecule has 73 heavy (non-hydrogen) atoms. The highest BCUT2D eigenvalue weighted by Gasteiger charge is 2.28. The van der Waals surface area contributed by atoms with Crippen LogP contribution >= 0.6 is 11.3 Å². The molecule has 0 amide bonds. The lowest BCUT2D eigenvalue weighted by molar-refractivity contribution is 0.667. The van der Waals surface area contributed by atoms with Gasteiger partial charge in [-0.1, -0.05) is 99.5 Å². The number of hydrogen-bond acceptors (Lipinski definition) is 4. The molecule has 0 aliphatic carbocycles. The van der Waals surface area contributed by atoms with E-state index in [0.717, 1.165) is 33.3 Å². The minimum absolute atomic E-state index is 0.729. The zero-order valence-electron chi connectivity index (χ0n) is 48.1. The molecule has 0 atom stereocenters. The van der Waals surface area contributed by atoms with Gasteiger partial charge in [0.25, 0.3) is 0 Å². The van der Waals surface area contributed by atoms with Gasteiger partial charge < -0.3 is 4.42 Å². The van der Waals surface area contributed by atoms with Crippen molar-refractivity contribution in [2.75, 3.05) is 0 Å². The Morgan fingerprint density at radius 3 is 1.29 bits per heavy atom. The molecule has 7 aromatic carbocycles. The summed E-state index contributed by atoms with van der Waals surface area (Å²) in [5, 5.41) is 3.83. The monoisotopic (exact) mass is 933 g/mol. The number of furan rings is 1. The van der Waals surface area contributed by atoms with E-state index >= 15 is 0 Å². The number of rotatable bonds is 5. The van der Waals surface area contributed by atoms with Crippen LogP contribution in [0.4, 0.5) is 0 Å². The first kappa shape index (κ1) is 51.6. The SMILES string of the molecule is Bc1cc(B)c(-c2c(B)c(B)c(B)c3c2sc2c(B)c(B)c(B)c(B)c23)c(B)c1-c1ncnc2c1oc1ccc(-c3c(B)c(B)c(B)c(-c4c(B)c(B)c(-c5c(B)c(B)c(B)c(B)c5B)c(B)c4B)c3B)cc12. The molecule has 3 aromatic heterocycles. The maximum Gasteiger partial charge on any atom is 0.180 e. The Balaban J connectivity index is 1.16. The van der Waals surface area contributed by atoms with Gasteiger partial charge in [-0.05, 0) is 73.0 Å². The van der Waals surface area contributed by atoms with Crippen LogP contribution in [0.2, 0.25) is 0 Å². The summed E-state index contributed by atoms with van der Waals surface area (Å²) in [6, 6.07) is 9.09. The van der Waals surface area contributed by atoms with Crippen molar-refractivity contribution in [3.05, 3.63) is 30.6 Å². The molecule has 0 aliphatic heterocycles. The summed E-state index contributed by atoms with van der Waals surface area (Å²) in [7, 11) is 53.2. The summed E-state index contributed by atoms with van der Waals surface area (Å²) in [5.74, 6) is 0. The highest BCUT2D eigenvalue weighted by atomic mass is 32.1. The zero-order valence-corrected chi connectivity index (χ0v) is 48.9. The molecule has 0 saturated carbocycles. The lowest BCUT2D eigenvalue weighted by atomic mass is 9.54. The van der Waals surface area contributed by atoms with Crippen LogP contribution in [0.25, 0.3) is 98.0 Å². The molecule has 10 aromatic rings. The van der Waals surface area contributed by atoms with Crippen LogP contribution in [-0.2, 0) is 0 Å². The average molecular weight is 929 g/mol. The quantitative estimate of drug-likeness (QED) is 0.161. The van der Waals surface area contributed by atoms with E-state index < -0.39 is 0 Å². The second kappa shape index (κ2) is 18.2. The number of aromatic nitrogens is 2. The van der Waals surface area contributed by atoms with Gasteiger partial charge in [-0.3, -0.25) is 0 Å². The third-order valence-corrected chi connectivity index (χ3v) is 20.5. The van der Waals surface area contributed by atoms with E-state index in [-0.39, 0.29) is 0 Å². The second-order valence-electron chi connectivity index (χ2n) is 22.4. The van der Waals surface area contributed by atoms with E-state index in [9.17, 15) is 0 Å². The number of benzene rings is 7. The van der Waals surface area contributed by atoms with E-state index in [2.05, 4.69) is 205 Å². The predicted octanol–water partition coefficient (Wildman–Crippen LogP) is -27.0. The predicted molar refractivity (Wildman–Crippen MR) is 397 cm³/mol. The second-order valence-corrected chi connectivity index (χ2v) is 23.4. The van der Waals surface area contributed by atoms with Crippen molar-refractivity contribution in [3.8, 4) is 55.8 Å². The summed E-state index contributed by atoms with van der Waals surface area (Å²) >= 11 is 1.97. The molecule has 3 heterocycles. The molecular formula is C46H51B23N2OS. The van der Waals surface area contributed by atoms with Crippen molar-refractivity contribution < 1.29 is 4.42 Å². The molecule has 27 heteroatoms. The first-order valence-electron chi connectivity index (χ1n) is 26.3. The molecule has 10 rings (SSSR count). The minimum atomic E-state index is 0.729. The van der Waals surface area contributed by atoms with Gasteiger partial charge in [-0.15, -0.1) is 49.6 Å². The van der Waals surface area contributed by atoms with Crippen LogP contribution in [-0.4, -0.2) is 190 Å². The smallest absolute Gasteiger partial charge is 0.180 e. The molecular weight excluding hydrogens is 877 g/mol. The molecule has 0 saturated heterocycles. The topological polar surface area (TPSA) is 38.9 Å². The van der Waals surface area contributed by atoms with E-state index in [4.69, 9.17) is 14.4 Å². The first-order chi connectivity index (χ1) is 34.3. The molecule has 0 aliphatic rings. The molecule has 0 fully saturated rings. The normalized spacial score (nSPS) is 11.7. The van der Waals surface area contributed by atoms with Gasteiger partial charge in [0, 0.05) is 14.8 Å². The maximum atomic E-state index is 6.95. The molecule has 0 N–H and O–H groups in total. The fourth-order valence-corrected chi connectivity index (χ4v) is 15.2. The van der Waals surface area contributed by atoms with Crippen LogP contribution in [0.1, 0.15) is 0 Å². The fourth-order valence-electron chi connectivity index (χ4n) is 13.6. The summed E-state index contributed by atoms with van der Waals surface area (Å²) < 4.78 is 9.74. The Hall–Kier alpha value is -4.87. The molecule has 0 spiro atoms. The number of thiophene rings is 1. The van der Waals surface area contributed by atoms with Gasteiger partial charge in [0.2, 0.25) is 0 Å². The largest absolute Gasteiger partial charge is 0.452 e. The summed E-state index contributed by atoms with van der Waals surface area (Å²) in [4.78, 5) is 10.1. The number of fused-ring (bicyclic) bond motifs is 6. The van der Waals surface area contributed by atoms with E-state index in [1.807, 2.05) is 11.3 Å². The van der Waals surface area contributed by atoms with Crippen LogP contribution in [0, 0.1) is 0 Å². The highest BCUT2D eigenvalue weighted by Crippen LogP contribution is 2.38. The van der Waals surface area contributed by atoms with Gasteiger partial charge in [-0.2, -0.15) is 0 Å². The van der Waals surface area contributed by atoms with Crippen molar-refractivity contribution in [1.82, 2.24) is 9.97 Å². The Morgan fingerprint density at radius 1 is 0.329 bits per heavy atom. The van der Waals surface area contributed by atoms with E-state index in [0.29, 0.717) is 0 Å². The van der Waals surface area contributed by atoms with Gasteiger partial charge in [0.1, 0.15) is 204 Å². The third-order valence-electron chi connectivity index (χ3n) is 19.2. The third kappa shape index (κ3) is 7.25. The summed E-state index contributed by atoms with van der Waals surface area (Å²) in [6.45, 7) is 0. The minimum Gasteiger partial charge on any atom is -0.452 e. The molecule has 0 unspecified atom stereocenters. The summed E-state index contributed by atoms with van der Waals surface area (Å²) in [6.07, 6.45) is 1.74. The van der Waals surface area contributed by atoms with Crippen molar-refractivity contribution in [3.63, 3.8) is 0 Å². The lowest BCUT2D eigenvalue weighted by Gasteiger charge is -2.30. The van der Waals surface area contributed by atoms with Gasteiger partial charge in [-0.25, -0.2) is 9.97 Å². The highest BCUT2D eigenvalue weighted by molar-refractivity contribution is 7.28. The van der Waals surface area contributed by atoms with Crippen molar-refractivity contribution >= 4 is 360 Å². The number of nitrogens with zero attached hydrogens (tertiary/aromatic N) is 2. The molecule has 3 nitrogen and oxygen atoms in total. The Labute approximate surface area is 457 Å². The fraction of sp³-hybridized carbons (Fsp3) is 0. The molecule has 0 bridgehead atoms. The van der Waals surface area contributed by atoms with Crippen LogP contribution < -0.4 is 126 Å². The molecule has 326 valence electrons. The summed E-state index contributed by atoms with van der Waals surface area (Å²) in [5.41, 5.74) is 46.0. The van der Waals surface area contributed by atoms with Crippen molar-refractivity contribution in [2.24, 2.45) is 0 Å². The van der Waals surface area contributed by atoms with Crippen molar-refractivity contribution in [2.45, 2.75) is 0 Å². The Bertz CT molecular complexity index is 4150. The number of hydrogen-bond donors (Lipinski definition) is 0. The van der Waals surface area contributed by atoms with Gasteiger partial charge in [0.15, 0.2) is 5.58 Å². The van der Waals surface area contributed by atoms with Gasteiger partial charge in [0.05, 0.1) is 0 Å². The van der Waals surface area contributed by atoms with E-state index in [1.165, 1.54) is 190 Å². The van der Waals surface area contributed by atoms with Gasteiger partial charge >= 0.3 is 0 Å². The Kier molecular flexibility index (Phi) is 12.8. The average Bonchev–Trinajstić information content (AvgIpc) is 3.95. The molecule has 0 radical (unpaired) electrons.